The molecule has 1 amide bonds. The molecule has 1 aromatic rings. The van der Waals surface area contributed by atoms with Gasteiger partial charge in [0.1, 0.15) is 6.04 Å². The summed E-state index contributed by atoms with van der Waals surface area (Å²) in [5, 5.41) is 3.54. The summed E-state index contributed by atoms with van der Waals surface area (Å²) in [6.07, 6.45) is 4.49. The van der Waals surface area contributed by atoms with Gasteiger partial charge >= 0.3 is 0 Å². The van der Waals surface area contributed by atoms with Crippen molar-refractivity contribution in [3.63, 3.8) is 0 Å². The molecule has 1 unspecified atom stereocenters. The topological polar surface area (TPSA) is 58.4 Å². The number of carbonyl (C=O) groups is 1. The van der Waals surface area contributed by atoms with E-state index in [9.17, 15) is 4.79 Å². The van der Waals surface area contributed by atoms with Gasteiger partial charge in [-0.2, -0.15) is 0 Å². The van der Waals surface area contributed by atoms with E-state index in [0.29, 0.717) is 6.04 Å². The first-order valence-corrected chi connectivity index (χ1v) is 7.13. The van der Waals surface area contributed by atoms with E-state index < -0.39 is 0 Å². The van der Waals surface area contributed by atoms with E-state index in [4.69, 9.17) is 5.73 Å². The van der Waals surface area contributed by atoms with Gasteiger partial charge in [0.25, 0.3) is 0 Å². The number of primary amides is 1. The summed E-state index contributed by atoms with van der Waals surface area (Å²) in [6, 6.07) is 8.89. The fourth-order valence-corrected chi connectivity index (χ4v) is 2.83. The van der Waals surface area contributed by atoms with Crippen molar-refractivity contribution in [3.05, 3.63) is 29.8 Å². The van der Waals surface area contributed by atoms with Gasteiger partial charge in [0, 0.05) is 24.8 Å². The van der Waals surface area contributed by atoms with Gasteiger partial charge in [-0.15, -0.1) is 0 Å². The minimum atomic E-state index is -0.206. The molecular formula is C15H21N3O. The lowest BCUT2D eigenvalue weighted by molar-refractivity contribution is -0.119. The first kappa shape index (κ1) is 12.5. The first-order valence-electron chi connectivity index (χ1n) is 7.13. The van der Waals surface area contributed by atoms with Crippen molar-refractivity contribution in [2.75, 3.05) is 11.4 Å². The number of nitrogens with zero attached hydrogens (tertiary/aromatic N) is 1. The highest BCUT2D eigenvalue weighted by Crippen LogP contribution is 2.29. The Hall–Kier alpha value is -1.55. The second-order valence-corrected chi connectivity index (χ2v) is 5.54. The van der Waals surface area contributed by atoms with E-state index in [0.717, 1.165) is 31.6 Å². The summed E-state index contributed by atoms with van der Waals surface area (Å²) < 4.78 is 0. The fourth-order valence-electron chi connectivity index (χ4n) is 2.83. The number of nitrogens with one attached hydrogen (secondary N) is 1. The number of benzene rings is 1. The van der Waals surface area contributed by atoms with Gasteiger partial charge in [-0.05, 0) is 37.3 Å². The number of nitrogens with two attached hydrogens (primary N) is 1. The summed E-state index contributed by atoms with van der Waals surface area (Å²) in [6.45, 7) is 1.80. The molecule has 1 aliphatic carbocycles. The molecule has 4 nitrogen and oxygen atoms in total. The molecule has 1 heterocycles. The van der Waals surface area contributed by atoms with Crippen LogP contribution in [0.1, 0.15) is 31.2 Å². The summed E-state index contributed by atoms with van der Waals surface area (Å²) >= 11 is 0. The number of hydrogen-bond acceptors (Lipinski definition) is 3. The Balaban J connectivity index is 1.79. The Morgan fingerprint density at radius 2 is 2.11 bits per heavy atom. The zero-order chi connectivity index (χ0) is 13.2. The minimum Gasteiger partial charge on any atom is -0.368 e. The van der Waals surface area contributed by atoms with Gasteiger partial charge < -0.3 is 16.0 Å². The molecular weight excluding hydrogens is 238 g/mol. The first-order chi connectivity index (χ1) is 9.25. The molecule has 0 aromatic heterocycles. The second-order valence-electron chi connectivity index (χ2n) is 5.54. The van der Waals surface area contributed by atoms with Crippen molar-refractivity contribution in [2.24, 2.45) is 5.73 Å². The molecule has 2 aliphatic rings. The lowest BCUT2D eigenvalue weighted by atomic mass is 10.1. The monoisotopic (exact) mass is 259 g/mol. The lowest BCUT2D eigenvalue weighted by Gasteiger charge is -2.27. The number of anilines is 1. The number of para-hydroxylation sites is 1. The molecule has 1 aromatic carbocycles. The standard InChI is InChI=1S/C15H21N3O/c16-15(19)14-6-3-9-18(14)13-5-2-1-4-11(13)10-17-12-7-8-12/h1-2,4-5,12,14,17H,3,6-10H2,(H2,16,19). The van der Waals surface area contributed by atoms with Crippen LogP contribution >= 0.6 is 0 Å². The fraction of sp³-hybridized carbons (Fsp3) is 0.533. The van der Waals surface area contributed by atoms with Crippen molar-refractivity contribution in [3.8, 4) is 0 Å². The van der Waals surface area contributed by atoms with Gasteiger partial charge in [-0.3, -0.25) is 4.79 Å². The van der Waals surface area contributed by atoms with Gasteiger partial charge in [0.05, 0.1) is 0 Å². The number of rotatable bonds is 5. The maximum atomic E-state index is 11.5. The van der Waals surface area contributed by atoms with Crippen LogP contribution in [0, 0.1) is 0 Å². The molecule has 3 N–H and O–H groups in total. The highest BCUT2D eigenvalue weighted by molar-refractivity contribution is 5.84. The van der Waals surface area contributed by atoms with Gasteiger partial charge in [0.2, 0.25) is 5.91 Å². The maximum absolute atomic E-state index is 11.5. The Morgan fingerprint density at radius 1 is 1.32 bits per heavy atom. The molecule has 4 heteroatoms. The van der Waals surface area contributed by atoms with E-state index in [1.54, 1.807) is 0 Å². The third-order valence-corrected chi connectivity index (χ3v) is 4.04. The Kier molecular flexibility index (Phi) is 3.42. The molecule has 1 saturated heterocycles. The third-order valence-electron chi connectivity index (χ3n) is 4.04. The SMILES string of the molecule is NC(=O)C1CCCN1c1ccccc1CNC1CC1. The maximum Gasteiger partial charge on any atom is 0.240 e. The van der Waals surface area contributed by atoms with Gasteiger partial charge in [0.15, 0.2) is 0 Å². The molecule has 19 heavy (non-hydrogen) atoms. The molecule has 1 aliphatic heterocycles. The van der Waals surface area contributed by atoms with Gasteiger partial charge in [-0.1, -0.05) is 18.2 Å². The summed E-state index contributed by atoms with van der Waals surface area (Å²) in [5.74, 6) is -0.206. The molecule has 1 saturated carbocycles. The number of amides is 1. The Bertz CT molecular complexity index is 470. The van der Waals surface area contributed by atoms with Crippen LogP contribution in [0.3, 0.4) is 0 Å². The van der Waals surface area contributed by atoms with Crippen LogP contribution in [-0.4, -0.2) is 24.5 Å². The predicted molar refractivity (Wildman–Crippen MR) is 75.9 cm³/mol. The van der Waals surface area contributed by atoms with Crippen molar-refractivity contribution < 1.29 is 4.79 Å². The highest BCUT2D eigenvalue weighted by Gasteiger charge is 2.30. The van der Waals surface area contributed by atoms with Crippen molar-refractivity contribution in [2.45, 2.75) is 44.3 Å². The highest BCUT2D eigenvalue weighted by atomic mass is 16.1. The Labute approximate surface area is 114 Å². The summed E-state index contributed by atoms with van der Waals surface area (Å²) in [7, 11) is 0. The largest absolute Gasteiger partial charge is 0.368 e. The minimum absolute atomic E-state index is 0.137. The zero-order valence-corrected chi connectivity index (χ0v) is 11.1. The summed E-state index contributed by atoms with van der Waals surface area (Å²) in [4.78, 5) is 13.7. The lowest BCUT2D eigenvalue weighted by Crippen LogP contribution is -2.41. The van der Waals surface area contributed by atoms with Crippen LogP contribution in [0.4, 0.5) is 5.69 Å². The smallest absolute Gasteiger partial charge is 0.240 e. The zero-order valence-electron chi connectivity index (χ0n) is 11.1. The Morgan fingerprint density at radius 3 is 2.84 bits per heavy atom. The average Bonchev–Trinajstić information content (AvgIpc) is 3.11. The van der Waals surface area contributed by atoms with Crippen LogP contribution in [0.25, 0.3) is 0 Å². The molecule has 102 valence electrons. The quantitative estimate of drug-likeness (QED) is 0.840. The second kappa shape index (κ2) is 5.21. The van der Waals surface area contributed by atoms with E-state index in [-0.39, 0.29) is 11.9 Å². The third kappa shape index (κ3) is 2.73. The van der Waals surface area contributed by atoms with Crippen LogP contribution in [-0.2, 0) is 11.3 Å². The van der Waals surface area contributed by atoms with E-state index >= 15 is 0 Å². The van der Waals surface area contributed by atoms with Gasteiger partial charge in [-0.25, -0.2) is 0 Å². The molecule has 0 spiro atoms. The molecule has 0 bridgehead atoms. The van der Waals surface area contributed by atoms with E-state index in [1.165, 1.54) is 18.4 Å². The van der Waals surface area contributed by atoms with Crippen LogP contribution < -0.4 is 16.0 Å². The van der Waals surface area contributed by atoms with E-state index in [2.05, 4.69) is 28.4 Å². The molecule has 1 atom stereocenters. The van der Waals surface area contributed by atoms with Crippen LogP contribution in [0.2, 0.25) is 0 Å². The normalized spacial score (nSPS) is 22.7. The average molecular weight is 259 g/mol. The number of hydrogen-bond donors (Lipinski definition) is 2. The van der Waals surface area contributed by atoms with Crippen LogP contribution in [0.15, 0.2) is 24.3 Å². The number of carbonyl (C=O) groups excluding carboxylic acids is 1. The van der Waals surface area contributed by atoms with E-state index in [1.807, 2.05) is 6.07 Å². The summed E-state index contributed by atoms with van der Waals surface area (Å²) in [5.41, 5.74) is 7.94. The molecule has 0 radical (unpaired) electrons. The van der Waals surface area contributed by atoms with Crippen molar-refractivity contribution >= 4 is 11.6 Å². The molecule has 3 rings (SSSR count). The van der Waals surface area contributed by atoms with Crippen LogP contribution in [0.5, 0.6) is 0 Å². The predicted octanol–water partition coefficient (Wildman–Crippen LogP) is 1.39. The van der Waals surface area contributed by atoms with Crippen molar-refractivity contribution in [1.82, 2.24) is 5.32 Å². The molecule has 2 fully saturated rings. The van der Waals surface area contributed by atoms with Crippen molar-refractivity contribution in [1.29, 1.82) is 0 Å².